The van der Waals surface area contributed by atoms with Gasteiger partial charge < -0.3 is 9.84 Å². The summed E-state index contributed by atoms with van der Waals surface area (Å²) in [4.78, 5) is 0. The van der Waals surface area contributed by atoms with Gasteiger partial charge in [0.15, 0.2) is 0 Å². The molecule has 2 atom stereocenters. The van der Waals surface area contributed by atoms with Crippen LogP contribution in [0.2, 0.25) is 0 Å². The summed E-state index contributed by atoms with van der Waals surface area (Å²) in [7, 11) is -3.36. The third kappa shape index (κ3) is 6.05. The standard InChI is InChI=1S/C10H21NO4S2/c1-10(12,8-16-2)7-11-17(13,14)6-9-4-3-5-15-9/h9,11-12H,3-8H2,1-2H3. The van der Waals surface area contributed by atoms with Gasteiger partial charge in [-0.3, -0.25) is 0 Å². The fourth-order valence-corrected chi connectivity index (χ4v) is 3.83. The van der Waals surface area contributed by atoms with Crippen LogP contribution < -0.4 is 4.72 Å². The predicted octanol–water partition coefficient (Wildman–Crippen LogP) is 0.199. The van der Waals surface area contributed by atoms with Crippen molar-refractivity contribution < 1.29 is 18.3 Å². The van der Waals surface area contributed by atoms with Crippen LogP contribution in [0.1, 0.15) is 19.8 Å². The van der Waals surface area contributed by atoms with Crippen LogP contribution in [0.25, 0.3) is 0 Å². The molecule has 0 spiro atoms. The number of hydrogen-bond acceptors (Lipinski definition) is 5. The lowest BCUT2D eigenvalue weighted by Gasteiger charge is -2.22. The Labute approximate surface area is 107 Å². The Morgan fingerprint density at radius 2 is 2.29 bits per heavy atom. The smallest absolute Gasteiger partial charge is 0.214 e. The molecule has 0 aliphatic carbocycles. The monoisotopic (exact) mass is 283 g/mol. The van der Waals surface area contributed by atoms with Crippen LogP contribution in [0, 0.1) is 0 Å². The maximum Gasteiger partial charge on any atom is 0.214 e. The zero-order valence-electron chi connectivity index (χ0n) is 10.3. The van der Waals surface area contributed by atoms with Crippen molar-refractivity contribution in [3.63, 3.8) is 0 Å². The lowest BCUT2D eigenvalue weighted by Crippen LogP contribution is -2.44. The molecule has 17 heavy (non-hydrogen) atoms. The van der Waals surface area contributed by atoms with Crippen LogP contribution in [0.15, 0.2) is 0 Å². The van der Waals surface area contributed by atoms with E-state index in [0.717, 1.165) is 12.8 Å². The van der Waals surface area contributed by atoms with Crippen molar-refractivity contribution in [1.82, 2.24) is 4.72 Å². The van der Waals surface area contributed by atoms with E-state index in [-0.39, 0.29) is 18.4 Å². The van der Waals surface area contributed by atoms with Crippen LogP contribution in [-0.2, 0) is 14.8 Å². The first-order chi connectivity index (χ1) is 7.85. The average Bonchev–Trinajstić information content (AvgIpc) is 2.67. The van der Waals surface area contributed by atoms with Crippen LogP contribution >= 0.6 is 11.8 Å². The summed E-state index contributed by atoms with van der Waals surface area (Å²) in [5, 5.41) is 9.86. The number of sulfonamides is 1. The van der Waals surface area contributed by atoms with E-state index in [1.54, 1.807) is 6.92 Å². The second-order valence-electron chi connectivity index (χ2n) is 4.67. The molecule has 1 aliphatic heterocycles. The van der Waals surface area contributed by atoms with E-state index < -0.39 is 15.6 Å². The second kappa shape index (κ2) is 6.38. The first-order valence-electron chi connectivity index (χ1n) is 5.65. The van der Waals surface area contributed by atoms with Gasteiger partial charge in [-0.2, -0.15) is 11.8 Å². The summed E-state index contributed by atoms with van der Waals surface area (Å²) >= 11 is 1.48. The third-order valence-electron chi connectivity index (χ3n) is 2.56. The van der Waals surface area contributed by atoms with Crippen LogP contribution in [0.5, 0.6) is 0 Å². The SMILES string of the molecule is CSCC(C)(O)CNS(=O)(=O)CC1CCCO1. The highest BCUT2D eigenvalue weighted by atomic mass is 32.2. The molecule has 2 unspecified atom stereocenters. The normalized spacial score (nSPS) is 24.8. The summed E-state index contributed by atoms with van der Waals surface area (Å²) in [6, 6.07) is 0. The van der Waals surface area contributed by atoms with Gasteiger partial charge in [0.05, 0.1) is 17.5 Å². The van der Waals surface area contributed by atoms with Crippen LogP contribution in [-0.4, -0.2) is 56.1 Å². The van der Waals surface area contributed by atoms with Crippen molar-refractivity contribution in [2.24, 2.45) is 0 Å². The zero-order valence-corrected chi connectivity index (χ0v) is 11.9. The summed E-state index contributed by atoms with van der Waals surface area (Å²) in [5.41, 5.74) is -1.01. The summed E-state index contributed by atoms with van der Waals surface area (Å²) in [6.45, 7) is 2.31. The van der Waals surface area contributed by atoms with E-state index in [2.05, 4.69) is 4.72 Å². The van der Waals surface area contributed by atoms with E-state index in [0.29, 0.717) is 12.4 Å². The summed E-state index contributed by atoms with van der Waals surface area (Å²) in [6.07, 6.45) is 3.39. The van der Waals surface area contributed by atoms with Gasteiger partial charge in [-0.05, 0) is 26.0 Å². The first kappa shape index (κ1) is 15.2. The van der Waals surface area contributed by atoms with Gasteiger partial charge in [0, 0.05) is 18.9 Å². The minimum atomic E-state index is -3.36. The van der Waals surface area contributed by atoms with Gasteiger partial charge >= 0.3 is 0 Å². The highest BCUT2D eigenvalue weighted by molar-refractivity contribution is 7.98. The lowest BCUT2D eigenvalue weighted by atomic mass is 10.1. The van der Waals surface area contributed by atoms with E-state index in [9.17, 15) is 13.5 Å². The minimum Gasteiger partial charge on any atom is -0.388 e. The number of rotatable bonds is 7. The molecule has 0 radical (unpaired) electrons. The molecule has 1 rings (SSSR count). The maximum atomic E-state index is 11.7. The molecule has 1 saturated heterocycles. The van der Waals surface area contributed by atoms with Crippen molar-refractivity contribution in [2.75, 3.05) is 30.9 Å². The Morgan fingerprint density at radius 3 is 2.82 bits per heavy atom. The van der Waals surface area contributed by atoms with E-state index in [1.807, 2.05) is 6.26 Å². The van der Waals surface area contributed by atoms with Crippen molar-refractivity contribution in [3.05, 3.63) is 0 Å². The van der Waals surface area contributed by atoms with Crippen molar-refractivity contribution in [2.45, 2.75) is 31.5 Å². The van der Waals surface area contributed by atoms with Gasteiger partial charge in [0.2, 0.25) is 10.0 Å². The molecule has 7 heteroatoms. The molecule has 5 nitrogen and oxygen atoms in total. The van der Waals surface area contributed by atoms with Gasteiger partial charge in [0.1, 0.15) is 0 Å². The molecular formula is C10H21NO4S2. The number of ether oxygens (including phenoxy) is 1. The van der Waals surface area contributed by atoms with E-state index in [1.165, 1.54) is 11.8 Å². The number of aliphatic hydroxyl groups is 1. The maximum absolute atomic E-state index is 11.7. The van der Waals surface area contributed by atoms with Crippen molar-refractivity contribution in [3.8, 4) is 0 Å². The highest BCUT2D eigenvalue weighted by Crippen LogP contribution is 2.14. The lowest BCUT2D eigenvalue weighted by molar-refractivity contribution is 0.0904. The van der Waals surface area contributed by atoms with Crippen LogP contribution in [0.3, 0.4) is 0 Å². The molecule has 0 aromatic rings. The molecular weight excluding hydrogens is 262 g/mol. The number of nitrogens with one attached hydrogen (secondary N) is 1. The predicted molar refractivity (Wildman–Crippen MR) is 69.8 cm³/mol. The number of hydrogen-bond donors (Lipinski definition) is 2. The second-order valence-corrected chi connectivity index (χ2v) is 7.39. The molecule has 1 fully saturated rings. The highest BCUT2D eigenvalue weighted by Gasteiger charge is 2.26. The average molecular weight is 283 g/mol. The van der Waals surface area contributed by atoms with E-state index in [4.69, 9.17) is 4.74 Å². The van der Waals surface area contributed by atoms with Crippen molar-refractivity contribution >= 4 is 21.8 Å². The Kier molecular flexibility index (Phi) is 5.72. The first-order valence-corrected chi connectivity index (χ1v) is 8.69. The molecule has 2 N–H and O–H groups in total. The molecule has 1 heterocycles. The topological polar surface area (TPSA) is 75.6 Å². The molecule has 0 bridgehead atoms. The van der Waals surface area contributed by atoms with Gasteiger partial charge in [-0.1, -0.05) is 0 Å². The molecule has 0 saturated carbocycles. The van der Waals surface area contributed by atoms with Crippen LogP contribution in [0.4, 0.5) is 0 Å². The third-order valence-corrected chi connectivity index (χ3v) is 4.86. The Hall–Kier alpha value is 0.180. The largest absolute Gasteiger partial charge is 0.388 e. The van der Waals surface area contributed by atoms with E-state index >= 15 is 0 Å². The molecule has 0 aromatic heterocycles. The van der Waals surface area contributed by atoms with Gasteiger partial charge in [-0.15, -0.1) is 0 Å². The Balaban J connectivity index is 2.38. The zero-order chi connectivity index (χ0) is 12.9. The summed E-state index contributed by atoms with van der Waals surface area (Å²) in [5.74, 6) is 0.484. The fourth-order valence-electron chi connectivity index (χ4n) is 1.71. The molecule has 0 aromatic carbocycles. The van der Waals surface area contributed by atoms with Crippen molar-refractivity contribution in [1.29, 1.82) is 0 Å². The number of thioether (sulfide) groups is 1. The van der Waals surface area contributed by atoms with Gasteiger partial charge in [0.25, 0.3) is 0 Å². The quantitative estimate of drug-likeness (QED) is 0.698. The minimum absolute atomic E-state index is 0.0116. The Bertz CT molecular complexity index is 323. The van der Waals surface area contributed by atoms with Gasteiger partial charge in [-0.25, -0.2) is 13.1 Å². The summed E-state index contributed by atoms with van der Waals surface area (Å²) < 4.78 is 31.2. The molecule has 102 valence electrons. The Morgan fingerprint density at radius 1 is 1.59 bits per heavy atom. The fraction of sp³-hybridized carbons (Fsp3) is 1.00. The molecule has 0 amide bonds. The molecule has 1 aliphatic rings.